The lowest BCUT2D eigenvalue weighted by Gasteiger charge is -2.12. The Bertz CT molecular complexity index is 712. The van der Waals surface area contributed by atoms with Crippen LogP contribution in [0, 0.1) is 11.3 Å². The number of H-pyrrole nitrogens is 1. The molecule has 0 unspecified atom stereocenters. The number of nitrogens with one attached hydrogen (secondary N) is 2. The van der Waals surface area contributed by atoms with Gasteiger partial charge in [0.05, 0.1) is 7.11 Å². The van der Waals surface area contributed by atoms with Gasteiger partial charge in [-0.05, 0) is 17.3 Å². The third-order valence-electron chi connectivity index (χ3n) is 2.62. The molecule has 0 spiro atoms. The average Bonchev–Trinajstić information content (AvgIpc) is 3.08. The first-order chi connectivity index (χ1) is 11.1. The van der Waals surface area contributed by atoms with Gasteiger partial charge in [0.15, 0.2) is 11.5 Å². The van der Waals surface area contributed by atoms with Crippen LogP contribution in [0.1, 0.15) is 5.82 Å². The Morgan fingerprint density at radius 3 is 2.91 bits per heavy atom. The minimum absolute atomic E-state index is 0.127. The van der Waals surface area contributed by atoms with Crippen molar-refractivity contribution >= 4 is 11.3 Å². The Kier molecular flexibility index (Phi) is 5.40. The van der Waals surface area contributed by atoms with Crippen LogP contribution in [-0.2, 0) is 0 Å². The summed E-state index contributed by atoms with van der Waals surface area (Å²) in [6, 6.07) is 6.57. The molecule has 8 nitrogen and oxygen atoms in total. The second-order valence-corrected chi connectivity index (χ2v) is 4.12. The van der Waals surface area contributed by atoms with Gasteiger partial charge in [-0.1, -0.05) is 0 Å². The van der Waals surface area contributed by atoms with E-state index in [-0.39, 0.29) is 17.1 Å². The van der Waals surface area contributed by atoms with E-state index in [9.17, 15) is 8.78 Å². The molecule has 0 radical (unpaired) electrons. The fourth-order valence-corrected chi connectivity index (χ4v) is 1.61. The number of aromatic amines is 1. The number of allylic oxidation sites excluding steroid dienone is 1. The zero-order valence-corrected chi connectivity index (χ0v) is 12.0. The number of aromatic nitrogens is 4. The minimum Gasteiger partial charge on any atom is -0.493 e. The molecule has 0 aliphatic rings. The zero-order chi connectivity index (χ0) is 16.7. The van der Waals surface area contributed by atoms with Crippen molar-refractivity contribution in [2.45, 2.75) is 6.43 Å². The highest BCUT2D eigenvalue weighted by Gasteiger charge is 2.10. The number of methoxy groups -OCH3 is 1. The number of hydrogen-bond donors (Lipinski definition) is 2. The van der Waals surface area contributed by atoms with Gasteiger partial charge in [-0.25, -0.2) is 8.78 Å². The molecular formula is C13H12F2N6O2. The number of anilines is 1. The largest absolute Gasteiger partial charge is 0.493 e. The summed E-state index contributed by atoms with van der Waals surface area (Å²) in [7, 11) is 1.40. The highest BCUT2D eigenvalue weighted by atomic mass is 19.3. The number of benzene rings is 1. The highest BCUT2D eigenvalue weighted by Crippen LogP contribution is 2.30. The molecule has 2 aromatic rings. The van der Waals surface area contributed by atoms with Crippen molar-refractivity contribution in [3.8, 4) is 17.6 Å². The summed E-state index contributed by atoms with van der Waals surface area (Å²) in [5.41, 5.74) is 0.649. The van der Waals surface area contributed by atoms with Gasteiger partial charge < -0.3 is 14.8 Å². The predicted molar refractivity (Wildman–Crippen MR) is 75.9 cm³/mol. The summed E-state index contributed by atoms with van der Waals surface area (Å²) in [6.45, 7) is -0.748. The third-order valence-corrected chi connectivity index (χ3v) is 2.62. The molecule has 1 aromatic carbocycles. The summed E-state index contributed by atoms with van der Waals surface area (Å²) in [4.78, 5) is 0. The van der Waals surface area contributed by atoms with Crippen molar-refractivity contribution in [3.63, 3.8) is 0 Å². The molecule has 0 aliphatic heterocycles. The van der Waals surface area contributed by atoms with E-state index in [1.54, 1.807) is 12.1 Å². The number of alkyl halides is 2. The molecule has 0 amide bonds. The van der Waals surface area contributed by atoms with Gasteiger partial charge in [-0.15, -0.1) is 10.2 Å². The third kappa shape index (κ3) is 4.37. The van der Waals surface area contributed by atoms with Crippen molar-refractivity contribution in [2.75, 3.05) is 19.0 Å². The maximum Gasteiger partial charge on any atom is 0.272 e. The topological polar surface area (TPSA) is 109 Å². The van der Waals surface area contributed by atoms with E-state index in [2.05, 4.69) is 25.9 Å². The minimum atomic E-state index is -2.60. The molecule has 1 aromatic heterocycles. The van der Waals surface area contributed by atoms with Crippen molar-refractivity contribution < 1.29 is 18.3 Å². The monoisotopic (exact) mass is 322 g/mol. The first-order valence-electron chi connectivity index (χ1n) is 6.33. The van der Waals surface area contributed by atoms with Crippen LogP contribution in [0.25, 0.3) is 5.57 Å². The van der Waals surface area contributed by atoms with Gasteiger partial charge in [-0.3, -0.25) is 0 Å². The number of hydrogen-bond acceptors (Lipinski definition) is 7. The predicted octanol–water partition coefficient (Wildman–Crippen LogP) is 1.83. The van der Waals surface area contributed by atoms with Crippen LogP contribution >= 0.6 is 0 Å². The molecule has 0 aliphatic carbocycles. The Balaban J connectivity index is 2.16. The number of rotatable bonds is 7. The summed E-state index contributed by atoms with van der Waals surface area (Å²) in [5.74, 6) is 0.603. The lowest BCUT2D eigenvalue weighted by molar-refractivity contribution is 0.0805. The summed E-state index contributed by atoms with van der Waals surface area (Å²) < 4.78 is 34.6. The molecule has 0 atom stereocenters. The molecule has 10 heteroatoms. The van der Waals surface area contributed by atoms with E-state index in [0.29, 0.717) is 11.4 Å². The number of halogens is 2. The van der Waals surface area contributed by atoms with E-state index in [1.165, 1.54) is 19.4 Å². The second-order valence-electron chi connectivity index (χ2n) is 4.12. The van der Waals surface area contributed by atoms with Crippen LogP contribution < -0.4 is 14.8 Å². The molecule has 2 rings (SSSR count). The number of nitriles is 1. The fraction of sp³-hybridized carbons (Fsp3) is 0.231. The lowest BCUT2D eigenvalue weighted by atomic mass is 10.2. The maximum atomic E-state index is 12.3. The van der Waals surface area contributed by atoms with Gasteiger partial charge in [0, 0.05) is 18.0 Å². The van der Waals surface area contributed by atoms with Crippen LogP contribution in [0.4, 0.5) is 14.5 Å². The van der Waals surface area contributed by atoms with Crippen LogP contribution in [0.5, 0.6) is 11.5 Å². The van der Waals surface area contributed by atoms with Gasteiger partial charge in [0.1, 0.15) is 18.2 Å². The zero-order valence-electron chi connectivity index (χ0n) is 12.0. The highest BCUT2D eigenvalue weighted by molar-refractivity contribution is 5.74. The molecular weight excluding hydrogens is 310 g/mol. The van der Waals surface area contributed by atoms with Gasteiger partial charge >= 0.3 is 0 Å². The van der Waals surface area contributed by atoms with Crippen molar-refractivity contribution in [2.24, 2.45) is 0 Å². The Morgan fingerprint density at radius 1 is 1.48 bits per heavy atom. The Labute approximate surface area is 129 Å². The molecule has 0 fully saturated rings. The van der Waals surface area contributed by atoms with E-state index >= 15 is 0 Å². The SMILES string of the molecule is COc1ccc(NC=C(C#N)c2nn[nH]n2)cc1OCC(F)F. The first kappa shape index (κ1) is 16.2. The maximum absolute atomic E-state index is 12.3. The van der Waals surface area contributed by atoms with Gasteiger partial charge in [0.25, 0.3) is 6.43 Å². The summed E-state index contributed by atoms with van der Waals surface area (Å²) >= 11 is 0. The molecule has 2 N–H and O–H groups in total. The van der Waals surface area contributed by atoms with Crippen LogP contribution in [-0.4, -0.2) is 40.8 Å². The van der Waals surface area contributed by atoms with Gasteiger partial charge in [0.2, 0.25) is 5.82 Å². The number of tetrazole rings is 1. The summed E-state index contributed by atoms with van der Waals surface area (Å²) in [6.07, 6.45) is -1.23. The van der Waals surface area contributed by atoms with Crippen LogP contribution in [0.15, 0.2) is 24.4 Å². The van der Waals surface area contributed by atoms with Crippen molar-refractivity contribution in [1.29, 1.82) is 5.26 Å². The van der Waals surface area contributed by atoms with E-state index < -0.39 is 13.0 Å². The molecule has 1 heterocycles. The first-order valence-corrected chi connectivity index (χ1v) is 6.33. The van der Waals surface area contributed by atoms with Crippen molar-refractivity contribution in [3.05, 3.63) is 30.2 Å². The average molecular weight is 322 g/mol. The Morgan fingerprint density at radius 2 is 2.30 bits per heavy atom. The van der Waals surface area contributed by atoms with Crippen molar-refractivity contribution in [1.82, 2.24) is 20.6 Å². The molecule has 0 saturated heterocycles. The van der Waals surface area contributed by atoms with Crippen LogP contribution in [0.3, 0.4) is 0 Å². The number of ether oxygens (including phenoxy) is 2. The van der Waals surface area contributed by atoms with E-state index in [1.807, 2.05) is 6.07 Å². The normalized spacial score (nSPS) is 11.2. The fourth-order valence-electron chi connectivity index (χ4n) is 1.61. The molecule has 0 saturated carbocycles. The van der Waals surface area contributed by atoms with E-state index in [4.69, 9.17) is 14.7 Å². The summed E-state index contributed by atoms with van der Waals surface area (Å²) in [5, 5.41) is 24.9. The quantitative estimate of drug-likeness (QED) is 0.748. The molecule has 23 heavy (non-hydrogen) atoms. The molecule has 0 bridgehead atoms. The van der Waals surface area contributed by atoms with Gasteiger partial charge in [-0.2, -0.15) is 10.5 Å². The smallest absolute Gasteiger partial charge is 0.272 e. The lowest BCUT2D eigenvalue weighted by Crippen LogP contribution is -2.08. The van der Waals surface area contributed by atoms with Crippen LogP contribution in [0.2, 0.25) is 0 Å². The standard InChI is InChI=1S/C13H12F2N6O2/c1-22-10-3-2-9(4-11(10)23-7-12(14)15)17-6-8(5-16)13-18-20-21-19-13/h2-4,6,12,17H,7H2,1H3,(H,18,19,20,21). The molecule has 120 valence electrons. The second kappa shape index (κ2) is 7.69. The number of nitrogens with zero attached hydrogens (tertiary/aromatic N) is 4. The Hall–Kier alpha value is -3.22. The van der Waals surface area contributed by atoms with E-state index in [0.717, 1.165) is 0 Å².